The van der Waals surface area contributed by atoms with Gasteiger partial charge in [0.25, 0.3) is 0 Å². The monoisotopic (exact) mass is 425 g/mol. The minimum atomic E-state index is -2.61. The first-order valence-electron chi connectivity index (χ1n) is 7.33. The van der Waals surface area contributed by atoms with Crippen LogP contribution in [0.5, 0.6) is 0 Å². The Morgan fingerprint density at radius 1 is 1.24 bits per heavy atom. The molecule has 0 aliphatic carbocycles. The van der Waals surface area contributed by atoms with Crippen LogP contribution in [-0.2, 0) is 12.3 Å². The van der Waals surface area contributed by atoms with E-state index in [1.165, 1.54) is 24.2 Å². The summed E-state index contributed by atoms with van der Waals surface area (Å²) in [5.74, 6) is 1.26. The van der Waals surface area contributed by atoms with Crippen LogP contribution >= 0.6 is 27.7 Å². The second-order valence-electron chi connectivity index (χ2n) is 5.03. The van der Waals surface area contributed by atoms with Crippen LogP contribution in [0.2, 0.25) is 0 Å². The third kappa shape index (κ3) is 3.98. The summed E-state index contributed by atoms with van der Waals surface area (Å²) >= 11 is 4.71. The molecule has 0 bridgehead atoms. The molecule has 1 aromatic carbocycles. The zero-order chi connectivity index (χ0) is 17.8. The minimum absolute atomic E-state index is 0.271. The fraction of sp³-hybridized carbons (Fsp3) is 0.188. The number of allylic oxidation sites excluding steroid dienone is 1. The minimum Gasteiger partial charge on any atom is -0.298 e. The topological polar surface area (TPSA) is 48.5 Å². The molecule has 0 spiro atoms. The molecule has 0 unspecified atom stereocenters. The average Bonchev–Trinajstić information content (AvgIpc) is 3.21. The fourth-order valence-corrected chi connectivity index (χ4v) is 3.43. The van der Waals surface area contributed by atoms with Crippen LogP contribution in [0.3, 0.4) is 0 Å². The Morgan fingerprint density at radius 3 is 2.68 bits per heavy atom. The van der Waals surface area contributed by atoms with Crippen molar-refractivity contribution in [3.63, 3.8) is 0 Å². The quantitative estimate of drug-likeness (QED) is 0.403. The largest absolute Gasteiger partial charge is 0.319 e. The molecule has 2 aromatic heterocycles. The molecular weight excluding hydrogens is 412 g/mol. The number of imidazole rings is 1. The number of alkyl halides is 2. The van der Waals surface area contributed by atoms with E-state index < -0.39 is 6.55 Å². The molecule has 0 saturated heterocycles. The molecule has 0 saturated carbocycles. The van der Waals surface area contributed by atoms with Gasteiger partial charge in [-0.2, -0.15) is 8.78 Å². The Labute approximate surface area is 155 Å². The third-order valence-corrected chi connectivity index (χ3v) is 4.91. The summed E-state index contributed by atoms with van der Waals surface area (Å²) < 4.78 is 29.5. The smallest absolute Gasteiger partial charge is 0.298 e. The lowest BCUT2D eigenvalue weighted by molar-refractivity contribution is 0.0678. The summed E-state index contributed by atoms with van der Waals surface area (Å²) in [6, 6.07) is 7.72. The van der Waals surface area contributed by atoms with E-state index in [9.17, 15) is 8.78 Å². The van der Waals surface area contributed by atoms with E-state index in [0.29, 0.717) is 23.4 Å². The second kappa shape index (κ2) is 7.92. The Bertz CT molecular complexity index is 860. The standard InChI is InChI=1S/C16H14BrF2N5S/c1-2-8-24-14(11-3-5-12(17)6-4-11)21-22-16(24)25-10-13-20-7-9-23(13)15(18)19/h2-7,9,15H,1,8,10H2. The van der Waals surface area contributed by atoms with Gasteiger partial charge in [0, 0.05) is 29.0 Å². The average molecular weight is 426 g/mol. The summed E-state index contributed by atoms with van der Waals surface area (Å²) in [6.07, 6.45) is 4.38. The molecule has 0 N–H and O–H groups in total. The van der Waals surface area contributed by atoms with Crippen LogP contribution in [-0.4, -0.2) is 24.3 Å². The highest BCUT2D eigenvalue weighted by Gasteiger charge is 2.16. The van der Waals surface area contributed by atoms with E-state index >= 15 is 0 Å². The molecule has 130 valence electrons. The number of halogens is 3. The van der Waals surface area contributed by atoms with Crippen LogP contribution in [0, 0.1) is 0 Å². The number of benzene rings is 1. The molecule has 2 heterocycles. The fourth-order valence-electron chi connectivity index (χ4n) is 2.26. The van der Waals surface area contributed by atoms with E-state index in [0.717, 1.165) is 14.6 Å². The van der Waals surface area contributed by atoms with Crippen molar-refractivity contribution < 1.29 is 8.78 Å². The molecule has 0 radical (unpaired) electrons. The molecular formula is C16H14BrF2N5S. The normalized spacial score (nSPS) is 11.2. The van der Waals surface area contributed by atoms with Gasteiger partial charge in [-0.15, -0.1) is 16.8 Å². The lowest BCUT2D eigenvalue weighted by Crippen LogP contribution is -2.04. The maximum Gasteiger partial charge on any atom is 0.319 e. The maximum absolute atomic E-state index is 12.9. The number of thioether (sulfide) groups is 1. The molecule has 0 aliphatic rings. The van der Waals surface area contributed by atoms with E-state index in [1.54, 1.807) is 6.08 Å². The van der Waals surface area contributed by atoms with Crippen LogP contribution < -0.4 is 0 Å². The van der Waals surface area contributed by atoms with Gasteiger partial charge < -0.3 is 0 Å². The Balaban J connectivity index is 1.85. The number of rotatable bonds is 7. The Kier molecular flexibility index (Phi) is 5.64. The molecule has 0 amide bonds. The molecule has 0 aliphatic heterocycles. The molecule has 9 heteroatoms. The van der Waals surface area contributed by atoms with E-state index in [1.807, 2.05) is 28.8 Å². The molecule has 25 heavy (non-hydrogen) atoms. The highest BCUT2D eigenvalue weighted by molar-refractivity contribution is 9.10. The van der Waals surface area contributed by atoms with Crippen LogP contribution in [0.1, 0.15) is 12.4 Å². The van der Waals surface area contributed by atoms with Gasteiger partial charge >= 0.3 is 6.55 Å². The van der Waals surface area contributed by atoms with Crippen molar-refractivity contribution in [2.24, 2.45) is 0 Å². The van der Waals surface area contributed by atoms with Gasteiger partial charge in [0.15, 0.2) is 11.0 Å². The van der Waals surface area contributed by atoms with Crippen molar-refractivity contribution in [2.45, 2.75) is 24.0 Å². The lowest BCUT2D eigenvalue weighted by atomic mass is 10.2. The zero-order valence-electron chi connectivity index (χ0n) is 13.0. The van der Waals surface area contributed by atoms with Crippen molar-refractivity contribution in [2.75, 3.05) is 0 Å². The van der Waals surface area contributed by atoms with Gasteiger partial charge in [0.1, 0.15) is 5.82 Å². The van der Waals surface area contributed by atoms with Gasteiger partial charge in [0.2, 0.25) is 0 Å². The van der Waals surface area contributed by atoms with Crippen LogP contribution in [0.25, 0.3) is 11.4 Å². The molecule has 0 fully saturated rings. The van der Waals surface area contributed by atoms with E-state index in [-0.39, 0.29) is 5.75 Å². The zero-order valence-corrected chi connectivity index (χ0v) is 15.4. The van der Waals surface area contributed by atoms with Gasteiger partial charge in [-0.05, 0) is 12.1 Å². The maximum atomic E-state index is 12.9. The summed E-state index contributed by atoms with van der Waals surface area (Å²) in [5, 5.41) is 9.07. The van der Waals surface area contributed by atoms with Crippen molar-refractivity contribution in [1.29, 1.82) is 0 Å². The SMILES string of the molecule is C=CCn1c(SCc2nccn2C(F)F)nnc1-c1ccc(Br)cc1. The number of nitrogens with zero attached hydrogens (tertiary/aromatic N) is 5. The first-order chi connectivity index (χ1) is 12.1. The summed E-state index contributed by atoms with van der Waals surface area (Å²) in [4.78, 5) is 3.98. The third-order valence-electron chi connectivity index (χ3n) is 3.42. The first kappa shape index (κ1) is 17.8. The van der Waals surface area contributed by atoms with Crippen molar-refractivity contribution in [3.05, 3.63) is 59.6 Å². The van der Waals surface area contributed by atoms with E-state index in [4.69, 9.17) is 0 Å². The lowest BCUT2D eigenvalue weighted by Gasteiger charge is -2.09. The van der Waals surface area contributed by atoms with Crippen LogP contribution in [0.4, 0.5) is 8.78 Å². The van der Waals surface area contributed by atoms with Gasteiger partial charge in [-0.25, -0.2) is 4.98 Å². The van der Waals surface area contributed by atoms with Gasteiger partial charge in [0.05, 0.1) is 5.75 Å². The predicted molar refractivity (Wildman–Crippen MR) is 96.4 cm³/mol. The summed E-state index contributed by atoms with van der Waals surface area (Å²) in [7, 11) is 0. The molecule has 5 nitrogen and oxygen atoms in total. The van der Waals surface area contributed by atoms with Crippen LogP contribution in [0.15, 0.2) is 58.9 Å². The first-order valence-corrected chi connectivity index (χ1v) is 9.10. The number of hydrogen-bond donors (Lipinski definition) is 0. The van der Waals surface area contributed by atoms with Gasteiger partial charge in [-0.3, -0.25) is 9.13 Å². The highest BCUT2D eigenvalue weighted by Crippen LogP contribution is 2.27. The number of hydrogen-bond acceptors (Lipinski definition) is 4. The highest BCUT2D eigenvalue weighted by atomic mass is 79.9. The predicted octanol–water partition coefficient (Wildman–Crippen LogP) is 4.78. The molecule has 0 atom stereocenters. The molecule has 3 rings (SSSR count). The molecule has 3 aromatic rings. The Hall–Kier alpha value is -2.00. The van der Waals surface area contributed by atoms with Crippen molar-refractivity contribution in [3.8, 4) is 11.4 Å². The summed E-state index contributed by atoms with van der Waals surface area (Å²) in [5.41, 5.74) is 0.915. The van der Waals surface area contributed by atoms with Crippen molar-refractivity contribution in [1.82, 2.24) is 24.3 Å². The van der Waals surface area contributed by atoms with Gasteiger partial charge in [-0.1, -0.05) is 45.9 Å². The van der Waals surface area contributed by atoms with E-state index in [2.05, 4.69) is 37.7 Å². The second-order valence-corrected chi connectivity index (χ2v) is 6.89. The Morgan fingerprint density at radius 2 is 2.00 bits per heavy atom. The van der Waals surface area contributed by atoms with Crippen molar-refractivity contribution >= 4 is 27.7 Å². The number of aromatic nitrogens is 5. The summed E-state index contributed by atoms with van der Waals surface area (Å²) in [6.45, 7) is 1.67.